The van der Waals surface area contributed by atoms with Crippen LogP contribution in [0.15, 0.2) is 17.4 Å². The summed E-state index contributed by atoms with van der Waals surface area (Å²) in [6.45, 7) is 2.82. The molecule has 19 heavy (non-hydrogen) atoms. The van der Waals surface area contributed by atoms with Gasteiger partial charge >= 0.3 is 0 Å². The van der Waals surface area contributed by atoms with Gasteiger partial charge in [-0.1, -0.05) is 36.7 Å². The maximum absolute atomic E-state index is 11.6. The fraction of sp³-hybridized carbons (Fsp3) is 0.417. The third-order valence-corrected chi connectivity index (χ3v) is 3.55. The number of nitrogens with one attached hydrogen (secondary N) is 2. The fourth-order valence-corrected chi connectivity index (χ4v) is 2.37. The van der Waals surface area contributed by atoms with Gasteiger partial charge in [0.25, 0.3) is 0 Å². The molecule has 2 rings (SSSR count). The average Bonchev–Trinajstić information content (AvgIpc) is 2.78. The number of carbonyl (C=O) groups excluding carboxylic acids is 1. The molecule has 2 aromatic heterocycles. The molecule has 0 bridgehead atoms. The molecule has 0 aliphatic heterocycles. The summed E-state index contributed by atoms with van der Waals surface area (Å²) in [5.41, 5.74) is 1.39. The van der Waals surface area contributed by atoms with Crippen LogP contribution < -0.4 is 5.32 Å². The van der Waals surface area contributed by atoms with E-state index in [1.807, 2.05) is 0 Å². The summed E-state index contributed by atoms with van der Waals surface area (Å²) >= 11 is 7.20. The monoisotopic (exact) mass is 298 g/mol. The second-order valence-corrected chi connectivity index (χ2v) is 5.46. The summed E-state index contributed by atoms with van der Waals surface area (Å²) in [6, 6.07) is 1.77. The van der Waals surface area contributed by atoms with Gasteiger partial charge in [-0.3, -0.25) is 4.79 Å². The van der Waals surface area contributed by atoms with Gasteiger partial charge in [-0.15, -0.1) is 0 Å². The fourth-order valence-electron chi connectivity index (χ4n) is 1.51. The van der Waals surface area contributed by atoms with Crippen molar-refractivity contribution in [2.45, 2.75) is 24.9 Å². The van der Waals surface area contributed by atoms with E-state index in [-0.39, 0.29) is 5.91 Å². The Balaban J connectivity index is 1.89. The van der Waals surface area contributed by atoms with Gasteiger partial charge in [0.1, 0.15) is 0 Å². The lowest BCUT2D eigenvalue weighted by Gasteiger charge is -2.02. The molecule has 7 heteroatoms. The first kappa shape index (κ1) is 14.1. The molecule has 0 saturated heterocycles. The van der Waals surface area contributed by atoms with Crippen molar-refractivity contribution in [1.82, 2.24) is 20.3 Å². The van der Waals surface area contributed by atoms with Gasteiger partial charge in [-0.05, 0) is 12.5 Å². The summed E-state index contributed by atoms with van der Waals surface area (Å²) < 4.78 is 0. The minimum Gasteiger partial charge on any atom is -0.355 e. The smallest absolute Gasteiger partial charge is 0.230 e. The normalized spacial score (nSPS) is 10.8. The number of carbonyl (C=O) groups is 1. The number of H-pyrrole nitrogens is 1. The van der Waals surface area contributed by atoms with Crippen molar-refractivity contribution < 1.29 is 4.79 Å². The molecule has 5 nitrogen and oxygen atoms in total. The highest BCUT2D eigenvalue weighted by Crippen LogP contribution is 2.20. The Bertz CT molecular complexity index is 572. The Morgan fingerprint density at radius 1 is 1.58 bits per heavy atom. The van der Waals surface area contributed by atoms with Gasteiger partial charge in [0.15, 0.2) is 10.8 Å². The van der Waals surface area contributed by atoms with Crippen molar-refractivity contribution in [1.29, 1.82) is 0 Å². The van der Waals surface area contributed by atoms with Gasteiger partial charge in [0, 0.05) is 12.7 Å². The third kappa shape index (κ3) is 4.11. The van der Waals surface area contributed by atoms with Crippen LogP contribution in [0.1, 0.15) is 19.8 Å². The third-order valence-electron chi connectivity index (χ3n) is 2.47. The van der Waals surface area contributed by atoms with Crippen molar-refractivity contribution in [3.8, 4) is 0 Å². The van der Waals surface area contributed by atoms with E-state index in [1.54, 1.807) is 12.3 Å². The predicted molar refractivity (Wildman–Crippen MR) is 77.5 cm³/mol. The predicted octanol–water partition coefficient (Wildman–Crippen LogP) is 2.62. The highest BCUT2D eigenvalue weighted by molar-refractivity contribution is 7.99. The van der Waals surface area contributed by atoms with Crippen LogP contribution in [0.4, 0.5) is 0 Å². The van der Waals surface area contributed by atoms with Crippen LogP contribution in [0.2, 0.25) is 5.02 Å². The summed E-state index contributed by atoms with van der Waals surface area (Å²) in [7, 11) is 0. The van der Waals surface area contributed by atoms with Crippen LogP contribution >= 0.6 is 23.4 Å². The van der Waals surface area contributed by atoms with Gasteiger partial charge in [0.2, 0.25) is 5.91 Å². The van der Waals surface area contributed by atoms with Gasteiger partial charge in [-0.25, -0.2) is 9.97 Å². The Labute approximate surface area is 120 Å². The molecule has 2 aromatic rings. The molecule has 0 aliphatic rings. The molecule has 0 aliphatic carbocycles. The van der Waals surface area contributed by atoms with E-state index in [1.165, 1.54) is 11.8 Å². The maximum atomic E-state index is 11.6. The maximum Gasteiger partial charge on any atom is 0.230 e. The van der Waals surface area contributed by atoms with Crippen molar-refractivity contribution in [3.63, 3.8) is 0 Å². The lowest BCUT2D eigenvalue weighted by Crippen LogP contribution is -2.26. The van der Waals surface area contributed by atoms with E-state index in [0.717, 1.165) is 24.9 Å². The van der Waals surface area contributed by atoms with E-state index in [9.17, 15) is 4.79 Å². The van der Waals surface area contributed by atoms with E-state index in [4.69, 9.17) is 11.6 Å². The SMILES string of the molecule is CCCCNC(=O)CSc1nc2ncc(Cl)cc2[nH]1. The zero-order valence-electron chi connectivity index (χ0n) is 10.6. The molecule has 2 N–H and O–H groups in total. The number of unbranched alkanes of at least 4 members (excludes halogenated alkanes) is 1. The molecule has 0 saturated carbocycles. The van der Waals surface area contributed by atoms with E-state index >= 15 is 0 Å². The lowest BCUT2D eigenvalue weighted by molar-refractivity contribution is -0.118. The number of halogens is 1. The molecule has 1 amide bonds. The largest absolute Gasteiger partial charge is 0.355 e. The van der Waals surface area contributed by atoms with Crippen LogP contribution in [-0.4, -0.2) is 33.2 Å². The van der Waals surface area contributed by atoms with Gasteiger partial charge < -0.3 is 10.3 Å². The first-order valence-electron chi connectivity index (χ1n) is 6.10. The van der Waals surface area contributed by atoms with Gasteiger partial charge in [0.05, 0.1) is 16.3 Å². The Morgan fingerprint density at radius 3 is 3.21 bits per heavy atom. The summed E-state index contributed by atoms with van der Waals surface area (Å²) in [5, 5.41) is 4.10. The molecular weight excluding hydrogens is 284 g/mol. The molecule has 102 valence electrons. The number of thioether (sulfide) groups is 1. The van der Waals surface area contributed by atoms with Crippen LogP contribution in [0.25, 0.3) is 11.2 Å². The number of amides is 1. The summed E-state index contributed by atoms with van der Waals surface area (Å²) in [4.78, 5) is 23.0. The minimum atomic E-state index is 0.0184. The standard InChI is InChI=1S/C12H15ClN4OS/c1-2-3-4-14-10(18)7-19-12-16-9-5-8(13)6-15-11(9)17-12/h5-6H,2-4,7H2,1H3,(H,14,18)(H,15,16,17). The van der Waals surface area contributed by atoms with Crippen LogP contribution in [0.5, 0.6) is 0 Å². The zero-order chi connectivity index (χ0) is 13.7. The molecule has 2 heterocycles. The average molecular weight is 299 g/mol. The first-order chi connectivity index (χ1) is 9.19. The van der Waals surface area contributed by atoms with Gasteiger partial charge in [-0.2, -0.15) is 0 Å². The van der Waals surface area contributed by atoms with Crippen LogP contribution in [0.3, 0.4) is 0 Å². The number of imidazole rings is 1. The molecule has 0 radical (unpaired) electrons. The topological polar surface area (TPSA) is 70.7 Å². The van der Waals surface area contributed by atoms with E-state index in [2.05, 4.69) is 27.2 Å². The van der Waals surface area contributed by atoms with Crippen LogP contribution in [-0.2, 0) is 4.79 Å². The highest BCUT2D eigenvalue weighted by atomic mass is 35.5. The molecule has 0 atom stereocenters. The number of aromatic amines is 1. The lowest BCUT2D eigenvalue weighted by atomic mass is 10.3. The Morgan fingerprint density at radius 2 is 2.42 bits per heavy atom. The van der Waals surface area contributed by atoms with Crippen molar-refractivity contribution >= 4 is 40.4 Å². The second-order valence-electron chi connectivity index (χ2n) is 4.06. The number of aromatic nitrogens is 3. The molecule has 0 fully saturated rings. The minimum absolute atomic E-state index is 0.0184. The first-order valence-corrected chi connectivity index (χ1v) is 7.46. The number of hydrogen-bond acceptors (Lipinski definition) is 4. The van der Waals surface area contributed by atoms with E-state index < -0.39 is 0 Å². The second kappa shape index (κ2) is 6.77. The number of fused-ring (bicyclic) bond motifs is 1. The number of nitrogens with zero attached hydrogens (tertiary/aromatic N) is 2. The van der Waals surface area contributed by atoms with Crippen molar-refractivity contribution in [2.24, 2.45) is 0 Å². The quantitative estimate of drug-likeness (QED) is 0.635. The number of pyridine rings is 1. The number of hydrogen-bond donors (Lipinski definition) is 2. The van der Waals surface area contributed by atoms with Crippen molar-refractivity contribution in [3.05, 3.63) is 17.3 Å². The van der Waals surface area contributed by atoms with E-state index in [0.29, 0.717) is 21.6 Å². The molecule has 0 unspecified atom stereocenters. The summed E-state index contributed by atoms with van der Waals surface area (Å²) in [5.74, 6) is 0.363. The molecule has 0 aromatic carbocycles. The van der Waals surface area contributed by atoms with Crippen molar-refractivity contribution in [2.75, 3.05) is 12.3 Å². The molecular formula is C12H15ClN4OS. The molecule has 0 spiro atoms. The van der Waals surface area contributed by atoms with Crippen LogP contribution in [0, 0.1) is 0 Å². The summed E-state index contributed by atoms with van der Waals surface area (Å²) in [6.07, 6.45) is 3.63. The Hall–Kier alpha value is -1.27. The number of rotatable bonds is 6. The zero-order valence-corrected chi connectivity index (χ0v) is 12.1. The Kier molecular flexibility index (Phi) is 5.04. The highest BCUT2D eigenvalue weighted by Gasteiger charge is 2.07.